The monoisotopic (exact) mass is 657 g/mol. The van der Waals surface area contributed by atoms with Gasteiger partial charge < -0.3 is 9.88 Å². The van der Waals surface area contributed by atoms with E-state index in [1.165, 1.54) is 24.6 Å². The molecule has 6 rings (SSSR count). The van der Waals surface area contributed by atoms with Gasteiger partial charge in [0.25, 0.3) is 21.5 Å². The number of carbonyl (C=O) groups is 1. The molecule has 5 aromatic rings. The summed E-state index contributed by atoms with van der Waals surface area (Å²) in [6.07, 6.45) is 9.08. The highest BCUT2D eigenvalue weighted by molar-refractivity contribution is 7.90. The van der Waals surface area contributed by atoms with Gasteiger partial charge in [-0.15, -0.1) is 0 Å². The molecule has 238 valence electrons. The summed E-state index contributed by atoms with van der Waals surface area (Å²) in [7, 11) is -5.54. The number of halogens is 5. The van der Waals surface area contributed by atoms with E-state index in [2.05, 4.69) is 15.0 Å². The SMILES string of the molecule is O=C(c1cccn1S(=O)(=O)c1c(F)c(F)c(F)c(F)c1F)N(Cc1ccc(C2CCCCC2)cn1)c1ccc2c(=O)[nH]cnc2c1. The first-order valence-corrected chi connectivity index (χ1v) is 15.6. The first-order chi connectivity index (χ1) is 22.0. The van der Waals surface area contributed by atoms with Crippen molar-refractivity contribution < 1.29 is 35.2 Å². The Bertz CT molecular complexity index is 2120. The Morgan fingerprint density at radius 1 is 0.913 bits per heavy atom. The van der Waals surface area contributed by atoms with Crippen LogP contribution in [0.3, 0.4) is 0 Å². The number of hydrogen-bond acceptors (Lipinski definition) is 6. The first-order valence-electron chi connectivity index (χ1n) is 14.2. The number of H-pyrrole nitrogens is 1. The summed E-state index contributed by atoms with van der Waals surface area (Å²) in [5.41, 5.74) is 0.656. The van der Waals surface area contributed by atoms with Crippen LogP contribution in [-0.4, -0.2) is 33.2 Å². The van der Waals surface area contributed by atoms with E-state index in [1.54, 1.807) is 12.3 Å². The molecule has 15 heteroatoms. The average Bonchev–Trinajstić information content (AvgIpc) is 3.57. The molecule has 0 atom stereocenters. The fourth-order valence-electron chi connectivity index (χ4n) is 5.66. The van der Waals surface area contributed by atoms with E-state index in [9.17, 15) is 40.0 Å². The van der Waals surface area contributed by atoms with E-state index in [4.69, 9.17) is 0 Å². The standard InChI is InChI=1S/C31H24F5N5O4S/c32-24-25(33)27(35)29(28(36)26(24)34)46(44,45)41-12-4-7-23(41)31(43)40(20-10-11-21-22(13-20)38-16-39-30(21)42)15-19-9-8-18(14-37-19)17-5-2-1-3-6-17/h4,7-14,16-17H,1-3,5-6,15H2,(H,38,39,42). The van der Waals surface area contributed by atoms with Crippen LogP contribution in [0.15, 0.2) is 70.9 Å². The Morgan fingerprint density at radius 3 is 2.28 bits per heavy atom. The zero-order valence-corrected chi connectivity index (χ0v) is 24.6. The van der Waals surface area contributed by atoms with Gasteiger partial charge in [0.2, 0.25) is 5.82 Å². The predicted molar refractivity (Wildman–Crippen MR) is 156 cm³/mol. The lowest BCUT2D eigenvalue weighted by Crippen LogP contribution is -2.34. The molecular weight excluding hydrogens is 633 g/mol. The molecule has 1 fully saturated rings. The second-order valence-corrected chi connectivity index (χ2v) is 12.6. The van der Waals surface area contributed by atoms with Crippen molar-refractivity contribution in [3.63, 3.8) is 0 Å². The molecular formula is C31H24F5N5O4S. The molecule has 1 amide bonds. The van der Waals surface area contributed by atoms with E-state index in [1.807, 2.05) is 6.07 Å². The molecule has 0 saturated heterocycles. The second kappa shape index (κ2) is 12.1. The highest BCUT2D eigenvalue weighted by Gasteiger charge is 2.37. The number of anilines is 1. The maximum absolute atomic E-state index is 14.6. The van der Waals surface area contributed by atoms with E-state index in [0.29, 0.717) is 11.6 Å². The van der Waals surface area contributed by atoms with Gasteiger partial charge in [-0.1, -0.05) is 25.3 Å². The molecule has 46 heavy (non-hydrogen) atoms. The van der Waals surface area contributed by atoms with Crippen molar-refractivity contribution in [3.8, 4) is 0 Å². The van der Waals surface area contributed by atoms with Gasteiger partial charge >= 0.3 is 0 Å². The molecule has 2 aromatic carbocycles. The number of nitrogens with zero attached hydrogens (tertiary/aromatic N) is 4. The highest BCUT2D eigenvalue weighted by atomic mass is 32.2. The maximum Gasteiger partial charge on any atom is 0.276 e. The first kappa shape index (κ1) is 31.1. The quantitative estimate of drug-likeness (QED) is 0.131. The molecule has 1 N–H and O–H groups in total. The third-order valence-corrected chi connectivity index (χ3v) is 9.76. The number of fused-ring (bicyclic) bond motifs is 1. The Kier molecular flexibility index (Phi) is 8.19. The number of aromatic nitrogens is 4. The lowest BCUT2D eigenvalue weighted by Gasteiger charge is -2.25. The number of nitrogens with one attached hydrogen (secondary N) is 1. The molecule has 3 heterocycles. The van der Waals surface area contributed by atoms with Gasteiger partial charge in [0.05, 0.1) is 29.5 Å². The molecule has 0 bridgehead atoms. The molecule has 1 aliphatic rings. The molecule has 0 spiro atoms. The molecule has 1 saturated carbocycles. The summed E-state index contributed by atoms with van der Waals surface area (Å²) in [4.78, 5) is 36.4. The smallest absolute Gasteiger partial charge is 0.276 e. The van der Waals surface area contributed by atoms with Crippen LogP contribution >= 0.6 is 0 Å². The minimum atomic E-state index is -5.54. The topological polar surface area (TPSA) is 118 Å². The molecule has 0 aliphatic heterocycles. The summed E-state index contributed by atoms with van der Waals surface area (Å²) < 4.78 is 97.8. The number of amides is 1. The van der Waals surface area contributed by atoms with Gasteiger partial charge in [0.1, 0.15) is 5.69 Å². The number of aromatic amines is 1. The van der Waals surface area contributed by atoms with Crippen LogP contribution in [0, 0.1) is 29.1 Å². The van der Waals surface area contributed by atoms with E-state index < -0.39 is 61.2 Å². The fourth-order valence-corrected chi connectivity index (χ4v) is 7.12. The lowest BCUT2D eigenvalue weighted by atomic mass is 9.85. The van der Waals surface area contributed by atoms with Crippen molar-refractivity contribution in [1.29, 1.82) is 0 Å². The number of carbonyl (C=O) groups excluding carboxylic acids is 1. The highest BCUT2D eigenvalue weighted by Crippen LogP contribution is 2.33. The van der Waals surface area contributed by atoms with Crippen LogP contribution in [0.2, 0.25) is 0 Å². The minimum Gasteiger partial charge on any atom is -0.313 e. The number of pyridine rings is 1. The normalized spacial score (nSPS) is 14.1. The van der Waals surface area contributed by atoms with Crippen molar-refractivity contribution in [3.05, 3.63) is 118 Å². The zero-order valence-electron chi connectivity index (χ0n) is 23.8. The van der Waals surface area contributed by atoms with E-state index in [0.717, 1.165) is 60.8 Å². The van der Waals surface area contributed by atoms with Crippen LogP contribution < -0.4 is 10.5 Å². The number of benzene rings is 2. The molecule has 0 radical (unpaired) electrons. The summed E-state index contributed by atoms with van der Waals surface area (Å²) >= 11 is 0. The summed E-state index contributed by atoms with van der Waals surface area (Å²) in [5, 5.41) is 0.200. The third kappa shape index (κ3) is 5.44. The predicted octanol–water partition coefficient (Wildman–Crippen LogP) is 5.95. The average molecular weight is 658 g/mol. The number of hydrogen-bond donors (Lipinski definition) is 1. The Morgan fingerprint density at radius 2 is 1.61 bits per heavy atom. The molecule has 3 aromatic heterocycles. The Hall–Kier alpha value is -4.92. The molecule has 9 nitrogen and oxygen atoms in total. The van der Waals surface area contributed by atoms with Gasteiger partial charge in [-0.05, 0) is 60.7 Å². The summed E-state index contributed by atoms with van der Waals surface area (Å²) in [6.45, 7) is -0.230. The van der Waals surface area contributed by atoms with Crippen LogP contribution in [0.25, 0.3) is 10.9 Å². The van der Waals surface area contributed by atoms with Gasteiger partial charge in [-0.3, -0.25) is 14.6 Å². The van der Waals surface area contributed by atoms with Gasteiger partial charge in [0, 0.05) is 18.1 Å². The summed E-state index contributed by atoms with van der Waals surface area (Å²) in [5.74, 6) is -13.3. The lowest BCUT2D eigenvalue weighted by molar-refractivity contribution is 0.0979. The maximum atomic E-state index is 14.6. The van der Waals surface area contributed by atoms with Crippen LogP contribution in [-0.2, 0) is 16.6 Å². The van der Waals surface area contributed by atoms with Crippen LogP contribution in [0.1, 0.15) is 59.8 Å². The molecule has 1 aliphatic carbocycles. The zero-order chi connectivity index (χ0) is 32.7. The van der Waals surface area contributed by atoms with Crippen LogP contribution in [0.5, 0.6) is 0 Å². The second-order valence-electron chi connectivity index (χ2n) is 10.8. The fraction of sp³-hybridized carbons (Fsp3) is 0.226. The molecule has 0 unspecified atom stereocenters. The Balaban J connectivity index is 1.43. The third-order valence-electron chi connectivity index (χ3n) is 8.04. The van der Waals surface area contributed by atoms with Gasteiger partial charge in [0.15, 0.2) is 28.2 Å². The van der Waals surface area contributed by atoms with Gasteiger partial charge in [-0.25, -0.2) is 39.3 Å². The van der Waals surface area contributed by atoms with Crippen molar-refractivity contribution in [2.75, 3.05) is 4.90 Å². The Labute approximate surface area is 258 Å². The largest absolute Gasteiger partial charge is 0.313 e. The summed E-state index contributed by atoms with van der Waals surface area (Å²) in [6, 6.07) is 9.93. The van der Waals surface area contributed by atoms with Crippen molar-refractivity contribution in [2.24, 2.45) is 0 Å². The van der Waals surface area contributed by atoms with Crippen molar-refractivity contribution in [1.82, 2.24) is 18.9 Å². The van der Waals surface area contributed by atoms with Gasteiger partial charge in [-0.2, -0.15) is 0 Å². The van der Waals surface area contributed by atoms with Crippen molar-refractivity contribution >= 4 is 32.5 Å². The van der Waals surface area contributed by atoms with E-state index in [-0.39, 0.29) is 27.1 Å². The minimum absolute atomic E-state index is 0.143. The van der Waals surface area contributed by atoms with Crippen molar-refractivity contribution in [2.45, 2.75) is 49.5 Å². The number of rotatable bonds is 7. The van der Waals surface area contributed by atoms with Crippen LogP contribution in [0.4, 0.5) is 27.6 Å². The van der Waals surface area contributed by atoms with E-state index >= 15 is 0 Å².